The molecule has 0 radical (unpaired) electrons. The summed E-state index contributed by atoms with van der Waals surface area (Å²) in [4.78, 5) is 29.4. The number of carbonyl (C=O) groups excluding carboxylic acids is 2. The molecule has 0 aliphatic carbocycles. The Morgan fingerprint density at radius 3 is 1.17 bits per heavy atom. The third kappa shape index (κ3) is 41.9. The van der Waals surface area contributed by atoms with Crippen LogP contribution in [0.4, 0.5) is 0 Å². The number of esters is 2. The fraction of sp³-hybridized carbons (Fsp3) is 0.962. The maximum atomic E-state index is 12.4. The number of likely N-dealkylation sites (N-methyl/N-ethyl adjacent to an activating group) is 1. The van der Waals surface area contributed by atoms with Crippen LogP contribution in [0.15, 0.2) is 0 Å². The zero-order valence-electron chi connectivity index (χ0n) is 40.7. The summed E-state index contributed by atoms with van der Waals surface area (Å²) in [7, 11) is 4.04. The summed E-state index contributed by atoms with van der Waals surface area (Å²) in [5.74, 6) is 1.57. The first kappa shape index (κ1) is 57.8. The molecule has 0 spiro atoms. The number of unbranched alkanes of at least 4 members (excludes halogenated alkanes) is 18. The number of carbonyl (C=O) groups is 2. The fourth-order valence-electron chi connectivity index (χ4n) is 8.66. The number of aliphatic hydroxyl groups is 1. The molecule has 0 rings (SSSR count). The zero-order chi connectivity index (χ0) is 43.4. The van der Waals surface area contributed by atoms with E-state index >= 15 is 0 Å². The number of rotatable bonds is 47. The Morgan fingerprint density at radius 2 is 0.763 bits per heavy atom. The third-order valence-corrected chi connectivity index (χ3v) is 12.5. The topological polar surface area (TPSA) is 79.3 Å². The molecule has 59 heavy (non-hydrogen) atoms. The fourth-order valence-corrected chi connectivity index (χ4v) is 8.66. The van der Waals surface area contributed by atoms with Crippen LogP contribution < -0.4 is 0 Å². The molecule has 0 aromatic carbocycles. The van der Waals surface area contributed by atoms with Crippen molar-refractivity contribution in [1.29, 1.82) is 0 Å². The Balaban J connectivity index is 4.25. The smallest absolute Gasteiger partial charge is 0.305 e. The minimum absolute atomic E-state index is 0.0157. The van der Waals surface area contributed by atoms with Gasteiger partial charge in [-0.05, 0) is 96.8 Å². The van der Waals surface area contributed by atoms with Gasteiger partial charge in [0.15, 0.2) is 0 Å². The van der Waals surface area contributed by atoms with Gasteiger partial charge in [0.25, 0.3) is 0 Å². The van der Waals surface area contributed by atoms with Crippen LogP contribution in [-0.4, -0.2) is 86.4 Å². The van der Waals surface area contributed by atoms with E-state index in [1.54, 1.807) is 0 Å². The first-order valence-electron chi connectivity index (χ1n) is 26.1. The van der Waals surface area contributed by atoms with Crippen molar-refractivity contribution < 1.29 is 24.2 Å². The van der Waals surface area contributed by atoms with Crippen LogP contribution in [0.25, 0.3) is 0 Å². The first-order chi connectivity index (χ1) is 28.7. The highest BCUT2D eigenvalue weighted by Gasteiger charge is 2.13. The molecule has 0 saturated heterocycles. The minimum atomic E-state index is -0.294. The second-order valence-corrected chi connectivity index (χ2v) is 18.7. The molecule has 3 unspecified atom stereocenters. The first-order valence-corrected chi connectivity index (χ1v) is 26.1. The second kappa shape index (κ2) is 44.9. The monoisotopic (exact) mass is 837 g/mol. The Hall–Kier alpha value is -1.18. The van der Waals surface area contributed by atoms with Gasteiger partial charge in [-0.1, -0.05) is 182 Å². The van der Waals surface area contributed by atoms with Crippen LogP contribution in [0.3, 0.4) is 0 Å². The van der Waals surface area contributed by atoms with Gasteiger partial charge < -0.3 is 24.4 Å². The highest BCUT2D eigenvalue weighted by molar-refractivity contribution is 5.69. The van der Waals surface area contributed by atoms with Gasteiger partial charge in [-0.15, -0.1) is 0 Å². The van der Waals surface area contributed by atoms with Crippen molar-refractivity contribution in [3.8, 4) is 0 Å². The van der Waals surface area contributed by atoms with E-state index in [0.29, 0.717) is 32.6 Å². The summed E-state index contributed by atoms with van der Waals surface area (Å²) >= 11 is 0. The molecular weight excluding hydrogens is 733 g/mol. The Kier molecular flexibility index (Phi) is 44.0. The lowest BCUT2D eigenvalue weighted by molar-refractivity contribution is -0.144. The van der Waals surface area contributed by atoms with Gasteiger partial charge in [-0.3, -0.25) is 9.59 Å². The van der Waals surface area contributed by atoms with Gasteiger partial charge >= 0.3 is 11.9 Å². The molecule has 0 aromatic rings. The molecule has 0 aromatic heterocycles. The molecule has 0 fully saturated rings. The van der Waals surface area contributed by atoms with Crippen molar-refractivity contribution in [2.75, 3.05) is 53.5 Å². The largest absolute Gasteiger partial charge is 0.466 e. The summed E-state index contributed by atoms with van der Waals surface area (Å²) < 4.78 is 11.3. The maximum Gasteiger partial charge on any atom is 0.305 e. The summed E-state index contributed by atoms with van der Waals surface area (Å²) in [5.41, 5.74) is 0. The van der Waals surface area contributed by atoms with E-state index in [4.69, 9.17) is 9.47 Å². The lowest BCUT2D eigenvalue weighted by atomic mass is 9.91. The number of aliphatic hydroxyl groups excluding tert-OH is 1. The lowest BCUT2D eigenvalue weighted by Gasteiger charge is -2.24. The second-order valence-electron chi connectivity index (χ2n) is 18.7. The molecule has 0 saturated carbocycles. The average Bonchev–Trinajstić information content (AvgIpc) is 3.21. The predicted molar refractivity (Wildman–Crippen MR) is 254 cm³/mol. The van der Waals surface area contributed by atoms with E-state index in [9.17, 15) is 14.7 Å². The van der Waals surface area contributed by atoms with Crippen molar-refractivity contribution in [2.24, 2.45) is 11.8 Å². The molecule has 0 bridgehead atoms. The summed E-state index contributed by atoms with van der Waals surface area (Å²) in [5, 5.41) is 10.5. The molecular formula is C52H104N2O5. The van der Waals surface area contributed by atoms with Crippen LogP contribution in [0.1, 0.15) is 252 Å². The number of hydrogen-bond donors (Lipinski definition) is 1. The van der Waals surface area contributed by atoms with E-state index in [0.717, 1.165) is 102 Å². The maximum absolute atomic E-state index is 12.4. The molecule has 352 valence electrons. The van der Waals surface area contributed by atoms with Gasteiger partial charge in [-0.2, -0.15) is 0 Å². The highest BCUT2D eigenvalue weighted by Crippen LogP contribution is 2.24. The summed E-state index contributed by atoms with van der Waals surface area (Å²) in [6, 6.07) is 0. The van der Waals surface area contributed by atoms with Crippen molar-refractivity contribution in [1.82, 2.24) is 9.80 Å². The number of hydrogen-bond acceptors (Lipinski definition) is 7. The number of ether oxygens (including phenoxy) is 2. The Morgan fingerprint density at radius 1 is 0.424 bits per heavy atom. The van der Waals surface area contributed by atoms with E-state index in [2.05, 4.69) is 37.5 Å². The highest BCUT2D eigenvalue weighted by atomic mass is 16.5. The van der Waals surface area contributed by atoms with Crippen molar-refractivity contribution in [2.45, 2.75) is 259 Å². The van der Waals surface area contributed by atoms with Gasteiger partial charge in [-0.25, -0.2) is 0 Å². The van der Waals surface area contributed by atoms with E-state index < -0.39 is 0 Å². The van der Waals surface area contributed by atoms with Crippen molar-refractivity contribution >= 4 is 11.9 Å². The molecule has 0 amide bonds. The Bertz CT molecular complexity index is 825. The molecule has 7 nitrogen and oxygen atoms in total. The number of nitrogens with zero attached hydrogens (tertiary/aromatic N) is 2. The minimum Gasteiger partial charge on any atom is -0.466 e. The van der Waals surface area contributed by atoms with Crippen LogP contribution in [0.2, 0.25) is 0 Å². The van der Waals surface area contributed by atoms with Crippen LogP contribution in [0, 0.1) is 11.8 Å². The zero-order valence-corrected chi connectivity index (χ0v) is 40.7. The summed E-state index contributed by atoms with van der Waals surface area (Å²) in [6.45, 7) is 14.1. The average molecular weight is 837 g/mol. The van der Waals surface area contributed by atoms with Crippen LogP contribution >= 0.6 is 0 Å². The lowest BCUT2D eigenvalue weighted by Crippen LogP contribution is -2.33. The SMILES string of the molecule is CCCCCCC(CCCCC)CCCOC(=O)CCCCCCCN(CCCCCCCC(=O)OCCCC(CCCCC)CCCCCC)CCC(O)CN(C)C. The normalized spacial score (nSPS) is 13.3. The molecule has 3 atom stereocenters. The molecule has 0 heterocycles. The molecule has 7 heteroatoms. The van der Waals surface area contributed by atoms with Gasteiger partial charge in [0.05, 0.1) is 19.3 Å². The van der Waals surface area contributed by atoms with Gasteiger partial charge in [0.2, 0.25) is 0 Å². The summed E-state index contributed by atoms with van der Waals surface area (Å²) in [6.07, 6.45) is 41.0. The third-order valence-electron chi connectivity index (χ3n) is 12.5. The van der Waals surface area contributed by atoms with Crippen molar-refractivity contribution in [3.05, 3.63) is 0 Å². The van der Waals surface area contributed by atoms with Crippen LogP contribution in [-0.2, 0) is 19.1 Å². The molecule has 1 N–H and O–H groups in total. The van der Waals surface area contributed by atoms with E-state index in [1.807, 2.05) is 14.1 Å². The predicted octanol–water partition coefficient (Wildman–Crippen LogP) is 14.3. The van der Waals surface area contributed by atoms with E-state index in [1.165, 1.54) is 141 Å². The van der Waals surface area contributed by atoms with Gasteiger partial charge in [0, 0.05) is 25.9 Å². The quantitative estimate of drug-likeness (QED) is 0.0483. The standard InChI is InChI=1S/C52H104N2O5/c1-7-11-15-25-35-48(33-23-13-9-3)37-31-45-58-51(56)39-27-19-17-21-29-42-54(44-41-50(55)47-53(5)6)43-30-22-18-20-28-40-52(57)59-46-32-38-49(34-24-14-10-4)36-26-16-12-8-2/h48-50,55H,7-47H2,1-6H3. The van der Waals surface area contributed by atoms with Crippen LogP contribution in [0.5, 0.6) is 0 Å². The molecule has 0 aliphatic rings. The molecule has 0 aliphatic heterocycles. The van der Waals surface area contributed by atoms with Crippen molar-refractivity contribution in [3.63, 3.8) is 0 Å². The Labute approximate surface area is 368 Å². The van der Waals surface area contributed by atoms with Gasteiger partial charge in [0.1, 0.15) is 0 Å². The van der Waals surface area contributed by atoms with E-state index in [-0.39, 0.29) is 18.0 Å².